The van der Waals surface area contributed by atoms with Crippen molar-refractivity contribution in [3.8, 4) is 0 Å². The van der Waals surface area contributed by atoms with Crippen LogP contribution in [0.25, 0.3) is 12.2 Å². The molecule has 172 valence electrons. The molecule has 2 aliphatic rings. The lowest BCUT2D eigenvalue weighted by Crippen LogP contribution is -2.31. The molecule has 2 fully saturated rings. The summed E-state index contributed by atoms with van der Waals surface area (Å²) >= 11 is 0. The van der Waals surface area contributed by atoms with Crippen molar-refractivity contribution < 1.29 is 14.4 Å². The first kappa shape index (κ1) is 24.4. The molecule has 4 nitrogen and oxygen atoms in total. The van der Waals surface area contributed by atoms with E-state index in [1.807, 2.05) is 93.5 Å². The molecular weight excluding hydrogens is 410 g/mol. The van der Waals surface area contributed by atoms with Gasteiger partial charge in [0.15, 0.2) is 17.3 Å². The van der Waals surface area contributed by atoms with E-state index in [2.05, 4.69) is 0 Å². The molecule has 33 heavy (non-hydrogen) atoms. The molecule has 0 N–H and O–H groups in total. The summed E-state index contributed by atoms with van der Waals surface area (Å²) in [6.45, 7) is 3.93. The molecule has 0 saturated heterocycles. The number of carbonyl (C=O) groups is 3. The predicted octanol–water partition coefficient (Wildman–Crippen LogP) is 5.92. The number of hydrogen-bond donors (Lipinski definition) is 0. The lowest BCUT2D eigenvalue weighted by atomic mass is 9.74. The Bertz CT molecular complexity index is 1050. The zero-order valence-corrected chi connectivity index (χ0v) is 20.1. The largest absolute Gasteiger partial charge is 0.378 e. The van der Waals surface area contributed by atoms with Crippen LogP contribution in [0.1, 0.15) is 57.1 Å². The van der Waals surface area contributed by atoms with Crippen molar-refractivity contribution >= 4 is 35.2 Å². The fraction of sp³-hybridized carbons (Fsp3) is 0.345. The number of rotatable bonds is 3. The maximum absolute atomic E-state index is 12.1. The molecule has 0 radical (unpaired) electrons. The Morgan fingerprint density at radius 1 is 0.727 bits per heavy atom. The third kappa shape index (κ3) is 6.85. The van der Waals surface area contributed by atoms with Crippen molar-refractivity contribution in [3.05, 3.63) is 76.9 Å². The molecule has 2 aliphatic carbocycles. The molecular formula is C29H33NO3. The van der Waals surface area contributed by atoms with Gasteiger partial charge in [0, 0.05) is 39.0 Å². The molecule has 0 aromatic heterocycles. The second-order valence-corrected chi connectivity index (χ2v) is 9.77. The lowest BCUT2D eigenvalue weighted by molar-refractivity contribution is -0.127. The molecule has 0 atom stereocenters. The van der Waals surface area contributed by atoms with Gasteiger partial charge in [-0.25, -0.2) is 0 Å². The zero-order chi connectivity index (χ0) is 24.0. The molecule has 0 spiro atoms. The van der Waals surface area contributed by atoms with Crippen molar-refractivity contribution in [1.29, 1.82) is 0 Å². The SMILES string of the molecule is CN(C)c1ccc(C=C2C(=O)CC(C)(C)CC2=O)cc1.O=C1CCCC1=Cc1ccccc1. The third-order valence-corrected chi connectivity index (χ3v) is 5.95. The first-order valence-electron chi connectivity index (χ1n) is 11.5. The number of anilines is 1. The number of carbonyl (C=O) groups excluding carboxylic acids is 3. The topological polar surface area (TPSA) is 54.5 Å². The Morgan fingerprint density at radius 2 is 1.30 bits per heavy atom. The predicted molar refractivity (Wildman–Crippen MR) is 135 cm³/mol. The average Bonchev–Trinajstić information content (AvgIpc) is 3.16. The summed E-state index contributed by atoms with van der Waals surface area (Å²) in [6, 6.07) is 17.8. The van der Waals surface area contributed by atoms with Crippen LogP contribution in [0.2, 0.25) is 0 Å². The molecule has 0 amide bonds. The molecule has 2 saturated carbocycles. The lowest BCUT2D eigenvalue weighted by Gasteiger charge is -2.28. The quantitative estimate of drug-likeness (QED) is 0.437. The van der Waals surface area contributed by atoms with Crippen molar-refractivity contribution in [1.82, 2.24) is 0 Å². The summed E-state index contributed by atoms with van der Waals surface area (Å²) in [5.41, 5.74) is 4.25. The van der Waals surface area contributed by atoms with E-state index in [4.69, 9.17) is 0 Å². The fourth-order valence-corrected chi connectivity index (χ4v) is 4.12. The minimum atomic E-state index is -0.208. The Labute approximate surface area is 197 Å². The van der Waals surface area contributed by atoms with Crippen LogP contribution in [-0.4, -0.2) is 31.4 Å². The van der Waals surface area contributed by atoms with E-state index in [1.54, 1.807) is 6.08 Å². The molecule has 0 heterocycles. The van der Waals surface area contributed by atoms with Crippen LogP contribution >= 0.6 is 0 Å². The highest BCUT2D eigenvalue weighted by atomic mass is 16.2. The number of ketones is 3. The highest BCUT2D eigenvalue weighted by molar-refractivity contribution is 6.25. The van der Waals surface area contributed by atoms with Crippen LogP contribution in [0.3, 0.4) is 0 Å². The monoisotopic (exact) mass is 443 g/mol. The summed E-state index contributed by atoms with van der Waals surface area (Å²) in [7, 11) is 3.95. The van der Waals surface area contributed by atoms with E-state index in [-0.39, 0.29) is 17.0 Å². The highest BCUT2D eigenvalue weighted by Gasteiger charge is 2.35. The Balaban J connectivity index is 0.000000203. The highest BCUT2D eigenvalue weighted by Crippen LogP contribution is 2.34. The van der Waals surface area contributed by atoms with Crippen LogP contribution in [0, 0.1) is 5.41 Å². The van der Waals surface area contributed by atoms with Crippen LogP contribution < -0.4 is 4.90 Å². The van der Waals surface area contributed by atoms with E-state index in [9.17, 15) is 14.4 Å². The van der Waals surface area contributed by atoms with E-state index in [0.717, 1.165) is 41.6 Å². The number of Topliss-reactive ketones (excluding diaryl/α,β-unsaturated/α-hetero) is 3. The number of benzene rings is 2. The maximum Gasteiger partial charge on any atom is 0.167 e. The van der Waals surface area contributed by atoms with Crippen LogP contribution in [0.5, 0.6) is 0 Å². The van der Waals surface area contributed by atoms with Crippen LogP contribution in [0.4, 0.5) is 5.69 Å². The number of hydrogen-bond acceptors (Lipinski definition) is 4. The fourth-order valence-electron chi connectivity index (χ4n) is 4.12. The van der Waals surface area contributed by atoms with Gasteiger partial charge in [0.1, 0.15) is 0 Å². The number of nitrogens with zero attached hydrogens (tertiary/aromatic N) is 1. The summed E-state index contributed by atoms with van der Waals surface area (Å²) in [6.07, 6.45) is 7.33. The Kier molecular flexibility index (Phi) is 7.80. The third-order valence-electron chi connectivity index (χ3n) is 5.95. The van der Waals surface area contributed by atoms with Gasteiger partial charge in [0.25, 0.3) is 0 Å². The van der Waals surface area contributed by atoms with Gasteiger partial charge in [-0.1, -0.05) is 56.3 Å². The van der Waals surface area contributed by atoms with E-state index < -0.39 is 0 Å². The van der Waals surface area contributed by atoms with E-state index in [1.165, 1.54) is 0 Å². The van der Waals surface area contributed by atoms with E-state index in [0.29, 0.717) is 24.2 Å². The van der Waals surface area contributed by atoms with Gasteiger partial charge >= 0.3 is 0 Å². The van der Waals surface area contributed by atoms with Gasteiger partial charge < -0.3 is 4.90 Å². The second kappa shape index (κ2) is 10.6. The standard InChI is InChI=1S/C17H21NO2.C12H12O/c1-17(2)10-15(19)14(16(20)11-17)9-12-5-7-13(8-6-12)18(3)4;13-12-8-4-7-11(12)9-10-5-2-1-3-6-10/h5-9H,10-11H2,1-4H3;1-3,5-6,9H,4,7-8H2. The van der Waals surface area contributed by atoms with Crippen molar-refractivity contribution in [2.45, 2.75) is 46.0 Å². The summed E-state index contributed by atoms with van der Waals surface area (Å²) in [5.74, 6) is 0.245. The Hall–Kier alpha value is -3.27. The molecule has 0 unspecified atom stereocenters. The van der Waals surface area contributed by atoms with Gasteiger partial charge in [-0.3, -0.25) is 14.4 Å². The minimum Gasteiger partial charge on any atom is -0.378 e. The van der Waals surface area contributed by atoms with Crippen LogP contribution in [-0.2, 0) is 14.4 Å². The summed E-state index contributed by atoms with van der Waals surface area (Å²) in [4.78, 5) is 37.5. The van der Waals surface area contributed by atoms with Gasteiger partial charge in [-0.15, -0.1) is 0 Å². The first-order valence-corrected chi connectivity index (χ1v) is 11.5. The molecule has 4 heteroatoms. The zero-order valence-electron chi connectivity index (χ0n) is 20.1. The van der Waals surface area contributed by atoms with E-state index >= 15 is 0 Å². The van der Waals surface area contributed by atoms with Gasteiger partial charge in [0.2, 0.25) is 0 Å². The van der Waals surface area contributed by atoms with Crippen molar-refractivity contribution in [2.24, 2.45) is 5.41 Å². The van der Waals surface area contributed by atoms with Gasteiger partial charge in [-0.2, -0.15) is 0 Å². The minimum absolute atomic E-state index is 0.0389. The summed E-state index contributed by atoms with van der Waals surface area (Å²) in [5, 5.41) is 0. The molecule has 4 rings (SSSR count). The normalized spacial score (nSPS) is 18.7. The first-order chi connectivity index (χ1) is 15.6. The molecule has 0 aliphatic heterocycles. The average molecular weight is 444 g/mol. The van der Waals surface area contributed by atoms with Crippen molar-refractivity contribution in [3.63, 3.8) is 0 Å². The second-order valence-electron chi connectivity index (χ2n) is 9.77. The molecule has 0 bridgehead atoms. The van der Waals surface area contributed by atoms with Gasteiger partial charge in [0.05, 0.1) is 5.57 Å². The maximum atomic E-state index is 12.1. The molecule has 2 aromatic carbocycles. The van der Waals surface area contributed by atoms with Crippen molar-refractivity contribution in [2.75, 3.05) is 19.0 Å². The van der Waals surface area contributed by atoms with Gasteiger partial charge in [-0.05, 0) is 59.2 Å². The van der Waals surface area contributed by atoms with Crippen LogP contribution in [0.15, 0.2) is 65.7 Å². The Morgan fingerprint density at radius 3 is 1.82 bits per heavy atom. The smallest absolute Gasteiger partial charge is 0.167 e. The number of allylic oxidation sites excluding steroid dienone is 2. The summed E-state index contributed by atoms with van der Waals surface area (Å²) < 4.78 is 0. The molecule has 2 aromatic rings.